The SMILES string of the molecule is CCC[C@H](N)C(=O)Nc1cccc(I)c1. The third-order valence-electron chi connectivity index (χ3n) is 2.03. The quantitative estimate of drug-likeness (QED) is 0.838. The fourth-order valence-corrected chi connectivity index (χ4v) is 1.79. The van der Waals surface area contributed by atoms with Gasteiger partial charge in [-0.1, -0.05) is 19.4 Å². The lowest BCUT2D eigenvalue weighted by molar-refractivity contribution is -0.117. The highest BCUT2D eigenvalue weighted by molar-refractivity contribution is 14.1. The Hall–Kier alpha value is -0.620. The summed E-state index contributed by atoms with van der Waals surface area (Å²) in [6, 6.07) is 7.24. The minimum Gasteiger partial charge on any atom is -0.325 e. The van der Waals surface area contributed by atoms with Crippen molar-refractivity contribution in [3.05, 3.63) is 27.8 Å². The van der Waals surface area contributed by atoms with Gasteiger partial charge in [-0.05, 0) is 47.2 Å². The number of hydrogen-bond donors (Lipinski definition) is 2. The maximum absolute atomic E-state index is 11.6. The summed E-state index contributed by atoms with van der Waals surface area (Å²) >= 11 is 2.20. The minimum absolute atomic E-state index is 0.112. The van der Waals surface area contributed by atoms with Crippen LogP contribution < -0.4 is 11.1 Å². The summed E-state index contributed by atoms with van der Waals surface area (Å²) in [5.74, 6) is -0.112. The molecule has 0 spiro atoms. The van der Waals surface area contributed by atoms with Crippen LogP contribution in [0.1, 0.15) is 19.8 Å². The number of carbonyl (C=O) groups excluding carboxylic acids is 1. The number of nitrogens with one attached hydrogen (secondary N) is 1. The highest BCUT2D eigenvalue weighted by Crippen LogP contribution is 2.12. The van der Waals surface area contributed by atoms with Gasteiger partial charge in [0, 0.05) is 9.26 Å². The third kappa shape index (κ3) is 4.17. The predicted octanol–water partition coefficient (Wildman–Crippen LogP) is 2.36. The van der Waals surface area contributed by atoms with E-state index in [0.717, 1.165) is 22.1 Å². The molecule has 15 heavy (non-hydrogen) atoms. The van der Waals surface area contributed by atoms with Gasteiger partial charge in [0.15, 0.2) is 0 Å². The number of anilines is 1. The smallest absolute Gasteiger partial charge is 0.241 e. The van der Waals surface area contributed by atoms with E-state index in [1.54, 1.807) is 0 Å². The van der Waals surface area contributed by atoms with Crippen molar-refractivity contribution in [1.29, 1.82) is 0 Å². The first kappa shape index (κ1) is 12.4. The highest BCUT2D eigenvalue weighted by Gasteiger charge is 2.11. The molecule has 0 aliphatic heterocycles. The minimum atomic E-state index is -0.409. The summed E-state index contributed by atoms with van der Waals surface area (Å²) < 4.78 is 1.09. The largest absolute Gasteiger partial charge is 0.325 e. The van der Waals surface area contributed by atoms with Crippen LogP contribution in [0.4, 0.5) is 5.69 Å². The fourth-order valence-electron chi connectivity index (χ4n) is 1.24. The lowest BCUT2D eigenvalue weighted by Gasteiger charge is -2.11. The van der Waals surface area contributed by atoms with Crippen LogP contribution in [0.25, 0.3) is 0 Å². The molecule has 0 heterocycles. The zero-order valence-electron chi connectivity index (χ0n) is 8.66. The summed E-state index contributed by atoms with van der Waals surface area (Å²) in [5, 5.41) is 2.80. The van der Waals surface area contributed by atoms with E-state index in [1.807, 2.05) is 31.2 Å². The van der Waals surface area contributed by atoms with Crippen LogP contribution in [0.15, 0.2) is 24.3 Å². The average Bonchev–Trinajstić information content (AvgIpc) is 2.18. The first-order valence-electron chi connectivity index (χ1n) is 4.95. The number of rotatable bonds is 4. The summed E-state index contributed by atoms with van der Waals surface area (Å²) in [4.78, 5) is 11.6. The molecule has 0 aromatic heterocycles. The standard InChI is InChI=1S/C11H15IN2O/c1-2-4-10(13)11(15)14-9-6-3-5-8(12)7-9/h3,5-7,10H,2,4,13H2,1H3,(H,14,15)/t10-/m0/s1. The first-order valence-corrected chi connectivity index (χ1v) is 6.03. The van der Waals surface area contributed by atoms with Crippen molar-refractivity contribution in [2.24, 2.45) is 5.73 Å². The van der Waals surface area contributed by atoms with E-state index in [0.29, 0.717) is 0 Å². The zero-order valence-corrected chi connectivity index (χ0v) is 10.8. The Morgan fingerprint density at radius 3 is 2.93 bits per heavy atom. The van der Waals surface area contributed by atoms with E-state index in [-0.39, 0.29) is 5.91 Å². The van der Waals surface area contributed by atoms with Gasteiger partial charge in [0.05, 0.1) is 6.04 Å². The number of amides is 1. The predicted molar refractivity (Wildman–Crippen MR) is 70.7 cm³/mol. The van der Waals surface area contributed by atoms with Gasteiger partial charge in [-0.25, -0.2) is 0 Å². The van der Waals surface area contributed by atoms with Gasteiger partial charge >= 0.3 is 0 Å². The van der Waals surface area contributed by atoms with E-state index in [1.165, 1.54) is 0 Å². The van der Waals surface area contributed by atoms with Crippen molar-refractivity contribution >= 4 is 34.2 Å². The Labute approximate surface area is 104 Å². The molecule has 0 saturated heterocycles. The highest BCUT2D eigenvalue weighted by atomic mass is 127. The molecule has 3 nitrogen and oxygen atoms in total. The summed E-state index contributed by atoms with van der Waals surface area (Å²) in [6.45, 7) is 2.01. The Bertz CT molecular complexity index is 341. The lowest BCUT2D eigenvalue weighted by atomic mass is 10.1. The molecule has 0 aliphatic rings. The van der Waals surface area contributed by atoms with Crippen molar-refractivity contribution in [1.82, 2.24) is 0 Å². The Balaban J connectivity index is 2.58. The molecule has 1 atom stereocenters. The Morgan fingerprint density at radius 2 is 2.33 bits per heavy atom. The summed E-state index contributed by atoms with van der Waals surface area (Å²) in [5.41, 5.74) is 6.50. The van der Waals surface area contributed by atoms with E-state index >= 15 is 0 Å². The van der Waals surface area contributed by atoms with Crippen molar-refractivity contribution < 1.29 is 4.79 Å². The van der Waals surface area contributed by atoms with Gasteiger partial charge in [0.25, 0.3) is 0 Å². The molecule has 1 aromatic rings. The Kier molecular flexibility index (Phi) is 5.04. The average molecular weight is 318 g/mol. The van der Waals surface area contributed by atoms with Crippen molar-refractivity contribution in [3.63, 3.8) is 0 Å². The van der Waals surface area contributed by atoms with E-state index in [2.05, 4.69) is 27.9 Å². The molecule has 0 unspecified atom stereocenters. The molecule has 1 rings (SSSR count). The Morgan fingerprint density at radius 1 is 1.60 bits per heavy atom. The van der Waals surface area contributed by atoms with Gasteiger partial charge in [0.1, 0.15) is 0 Å². The zero-order chi connectivity index (χ0) is 11.3. The van der Waals surface area contributed by atoms with Gasteiger partial charge in [-0.3, -0.25) is 4.79 Å². The van der Waals surface area contributed by atoms with Crippen LogP contribution >= 0.6 is 22.6 Å². The van der Waals surface area contributed by atoms with Crippen molar-refractivity contribution in [2.45, 2.75) is 25.8 Å². The number of nitrogens with two attached hydrogens (primary N) is 1. The number of halogens is 1. The molecular formula is C11H15IN2O. The molecule has 3 N–H and O–H groups in total. The van der Waals surface area contributed by atoms with E-state index in [4.69, 9.17) is 5.73 Å². The van der Waals surface area contributed by atoms with E-state index in [9.17, 15) is 4.79 Å². The second-order valence-electron chi connectivity index (χ2n) is 3.39. The topological polar surface area (TPSA) is 55.1 Å². The molecular weight excluding hydrogens is 303 g/mol. The second-order valence-corrected chi connectivity index (χ2v) is 4.64. The fraction of sp³-hybridized carbons (Fsp3) is 0.364. The molecule has 4 heteroatoms. The van der Waals surface area contributed by atoms with Crippen LogP contribution in [-0.4, -0.2) is 11.9 Å². The van der Waals surface area contributed by atoms with Gasteiger partial charge in [0.2, 0.25) is 5.91 Å². The van der Waals surface area contributed by atoms with E-state index < -0.39 is 6.04 Å². The van der Waals surface area contributed by atoms with Gasteiger partial charge in [-0.15, -0.1) is 0 Å². The number of hydrogen-bond acceptors (Lipinski definition) is 2. The normalized spacial score (nSPS) is 12.2. The summed E-state index contributed by atoms with van der Waals surface area (Å²) in [6.07, 6.45) is 1.64. The van der Waals surface area contributed by atoms with Crippen LogP contribution in [0.2, 0.25) is 0 Å². The number of benzene rings is 1. The molecule has 82 valence electrons. The van der Waals surface area contributed by atoms with Gasteiger partial charge < -0.3 is 11.1 Å². The lowest BCUT2D eigenvalue weighted by Crippen LogP contribution is -2.35. The van der Waals surface area contributed by atoms with Crippen LogP contribution in [0.5, 0.6) is 0 Å². The van der Waals surface area contributed by atoms with Crippen molar-refractivity contribution in [2.75, 3.05) is 5.32 Å². The van der Waals surface area contributed by atoms with Gasteiger partial charge in [-0.2, -0.15) is 0 Å². The maximum atomic E-state index is 11.6. The molecule has 0 aliphatic carbocycles. The summed E-state index contributed by atoms with van der Waals surface area (Å²) in [7, 11) is 0. The third-order valence-corrected chi connectivity index (χ3v) is 2.70. The van der Waals surface area contributed by atoms with Crippen LogP contribution in [0.3, 0.4) is 0 Å². The molecule has 0 radical (unpaired) electrons. The van der Waals surface area contributed by atoms with Crippen LogP contribution in [0, 0.1) is 3.57 Å². The number of carbonyl (C=O) groups is 1. The van der Waals surface area contributed by atoms with Crippen LogP contribution in [-0.2, 0) is 4.79 Å². The monoisotopic (exact) mass is 318 g/mol. The molecule has 0 fully saturated rings. The second kappa shape index (κ2) is 6.07. The molecule has 0 bridgehead atoms. The molecule has 1 aromatic carbocycles. The first-order chi connectivity index (χ1) is 7.13. The molecule has 1 amide bonds. The molecule has 0 saturated carbocycles. The van der Waals surface area contributed by atoms with Crippen molar-refractivity contribution in [3.8, 4) is 0 Å². The maximum Gasteiger partial charge on any atom is 0.241 e.